The third kappa shape index (κ3) is 2.91. The molecule has 0 fully saturated rings. The summed E-state index contributed by atoms with van der Waals surface area (Å²) in [6.45, 7) is 2.02. The highest BCUT2D eigenvalue weighted by molar-refractivity contribution is 7.99. The molecule has 1 amide bonds. The first-order chi connectivity index (χ1) is 9.17. The van der Waals surface area contributed by atoms with Crippen molar-refractivity contribution in [1.29, 1.82) is 0 Å². The summed E-state index contributed by atoms with van der Waals surface area (Å²) in [7, 11) is 0. The number of aliphatic hydroxyl groups is 1. The normalized spacial score (nSPS) is 12.6. The Morgan fingerprint density at radius 1 is 1.53 bits per heavy atom. The molecule has 19 heavy (non-hydrogen) atoms. The van der Waals surface area contributed by atoms with E-state index in [0.717, 1.165) is 10.9 Å². The molecule has 6 heteroatoms. The molecule has 2 rings (SSSR count). The number of carbonyl (C=O) groups is 1. The number of rotatable bonds is 5. The zero-order valence-corrected chi connectivity index (χ0v) is 11.4. The summed E-state index contributed by atoms with van der Waals surface area (Å²) in [4.78, 5) is 11.7. The zero-order valence-electron chi connectivity index (χ0n) is 10.6. The molecular weight excluding hydrogens is 264 g/mol. The summed E-state index contributed by atoms with van der Waals surface area (Å²) in [5.41, 5.74) is 3.56. The van der Waals surface area contributed by atoms with Gasteiger partial charge in [-0.1, -0.05) is 25.1 Å². The molecule has 0 bridgehead atoms. The van der Waals surface area contributed by atoms with E-state index in [9.17, 15) is 4.79 Å². The molecule has 0 aliphatic carbocycles. The fourth-order valence-electron chi connectivity index (χ4n) is 1.77. The smallest absolute Gasteiger partial charge is 0.301 e. The van der Waals surface area contributed by atoms with E-state index in [0.29, 0.717) is 11.3 Å². The summed E-state index contributed by atoms with van der Waals surface area (Å²) >= 11 is 1.56. The van der Waals surface area contributed by atoms with Crippen LogP contribution < -0.4 is 11.3 Å². The molecule has 1 aromatic carbocycles. The van der Waals surface area contributed by atoms with Crippen molar-refractivity contribution in [1.82, 2.24) is 5.43 Å². The van der Waals surface area contributed by atoms with E-state index in [1.165, 1.54) is 0 Å². The number of fused-ring (bicyclic) bond motifs is 1. The van der Waals surface area contributed by atoms with Gasteiger partial charge < -0.3 is 9.52 Å². The van der Waals surface area contributed by atoms with Gasteiger partial charge in [0, 0.05) is 22.0 Å². The molecule has 0 saturated carbocycles. The average Bonchev–Trinajstić information content (AvgIpc) is 2.82. The number of thioether (sulfide) groups is 1. The van der Waals surface area contributed by atoms with E-state index in [4.69, 9.17) is 15.4 Å². The Kier molecular flexibility index (Phi) is 4.47. The highest BCUT2D eigenvalue weighted by atomic mass is 32.2. The van der Waals surface area contributed by atoms with Crippen molar-refractivity contribution in [3.05, 3.63) is 35.6 Å². The van der Waals surface area contributed by atoms with Crippen LogP contribution in [0.15, 0.2) is 28.7 Å². The van der Waals surface area contributed by atoms with Crippen LogP contribution in [0.3, 0.4) is 0 Å². The number of hydrogen-bond acceptors (Lipinski definition) is 5. The molecule has 0 aliphatic heterocycles. The van der Waals surface area contributed by atoms with Crippen LogP contribution in [0.5, 0.6) is 0 Å². The van der Waals surface area contributed by atoms with Gasteiger partial charge in [-0.15, -0.1) is 0 Å². The Bertz CT molecular complexity index is 582. The molecule has 5 nitrogen and oxygen atoms in total. The summed E-state index contributed by atoms with van der Waals surface area (Å²) in [5, 5.41) is 10.1. The topological polar surface area (TPSA) is 88.5 Å². The van der Waals surface area contributed by atoms with Crippen LogP contribution >= 0.6 is 11.8 Å². The number of furan rings is 1. The van der Waals surface area contributed by atoms with Crippen LogP contribution in [-0.4, -0.2) is 22.9 Å². The standard InChI is InChI=1S/C13H16N2O3S/c1-8(6-16)19-7-10-9-4-2-3-5-11(9)18-12(10)13(17)15-14/h2-5,8,16H,6-7,14H2,1H3,(H,15,17). The van der Waals surface area contributed by atoms with Crippen molar-refractivity contribution in [3.63, 3.8) is 0 Å². The quantitative estimate of drug-likeness (QED) is 0.440. The number of hydrazine groups is 1. The van der Waals surface area contributed by atoms with E-state index < -0.39 is 5.91 Å². The third-order valence-corrected chi connectivity index (χ3v) is 3.98. The monoisotopic (exact) mass is 280 g/mol. The molecule has 0 radical (unpaired) electrons. The number of hydrogen-bond donors (Lipinski definition) is 3. The minimum absolute atomic E-state index is 0.0961. The van der Waals surface area contributed by atoms with Gasteiger partial charge in [0.25, 0.3) is 0 Å². The first kappa shape index (κ1) is 13.9. The second-order valence-corrected chi connectivity index (χ2v) is 5.61. The lowest BCUT2D eigenvalue weighted by molar-refractivity contribution is 0.0927. The SMILES string of the molecule is CC(CO)SCc1c(C(=O)NN)oc2ccccc12. The molecule has 1 unspecified atom stereocenters. The van der Waals surface area contributed by atoms with Crippen molar-refractivity contribution < 1.29 is 14.3 Å². The second kappa shape index (κ2) is 6.10. The fraction of sp³-hybridized carbons (Fsp3) is 0.308. The molecule has 0 spiro atoms. The Morgan fingerprint density at radius 2 is 2.26 bits per heavy atom. The number of nitrogen functional groups attached to an aromatic ring is 1. The van der Waals surface area contributed by atoms with Crippen molar-refractivity contribution in [2.24, 2.45) is 5.84 Å². The van der Waals surface area contributed by atoms with E-state index in [1.807, 2.05) is 31.2 Å². The molecule has 102 valence electrons. The predicted octanol–water partition coefficient (Wildman–Crippen LogP) is 1.65. The van der Waals surface area contributed by atoms with Crippen LogP contribution in [0.2, 0.25) is 0 Å². The predicted molar refractivity (Wildman–Crippen MR) is 75.7 cm³/mol. The second-order valence-electron chi connectivity index (χ2n) is 4.18. The molecule has 4 N–H and O–H groups in total. The van der Waals surface area contributed by atoms with Gasteiger partial charge in [-0.05, 0) is 6.07 Å². The lowest BCUT2D eigenvalue weighted by Gasteiger charge is -2.07. The number of nitrogens with two attached hydrogens (primary N) is 1. The van der Waals surface area contributed by atoms with Crippen molar-refractivity contribution in [3.8, 4) is 0 Å². The molecule has 1 atom stereocenters. The summed E-state index contributed by atoms with van der Waals surface area (Å²) in [6.07, 6.45) is 0. The van der Waals surface area contributed by atoms with Crippen LogP contribution in [0.25, 0.3) is 11.0 Å². The van der Waals surface area contributed by atoms with E-state index >= 15 is 0 Å². The summed E-state index contributed by atoms with van der Waals surface area (Å²) in [5.74, 6) is 5.55. The van der Waals surface area contributed by atoms with Gasteiger partial charge >= 0.3 is 5.91 Å². The number of para-hydroxylation sites is 1. The lowest BCUT2D eigenvalue weighted by atomic mass is 10.1. The van der Waals surface area contributed by atoms with Gasteiger partial charge in [-0.2, -0.15) is 11.8 Å². The highest BCUT2D eigenvalue weighted by Crippen LogP contribution is 2.30. The zero-order chi connectivity index (χ0) is 13.8. The van der Waals surface area contributed by atoms with E-state index in [1.54, 1.807) is 11.8 Å². The maximum atomic E-state index is 11.7. The lowest BCUT2D eigenvalue weighted by Crippen LogP contribution is -2.30. The van der Waals surface area contributed by atoms with Gasteiger partial charge in [-0.25, -0.2) is 5.84 Å². The number of amides is 1. The van der Waals surface area contributed by atoms with Crippen LogP contribution in [0, 0.1) is 0 Å². The number of benzene rings is 1. The Morgan fingerprint density at radius 3 is 2.95 bits per heavy atom. The highest BCUT2D eigenvalue weighted by Gasteiger charge is 2.20. The Labute approximate surface area is 115 Å². The minimum atomic E-state index is -0.441. The molecular formula is C13H16N2O3S. The van der Waals surface area contributed by atoms with Gasteiger partial charge in [0.1, 0.15) is 5.58 Å². The number of aliphatic hydroxyl groups excluding tert-OH is 1. The first-order valence-electron chi connectivity index (χ1n) is 5.91. The Balaban J connectivity index is 2.39. The first-order valence-corrected chi connectivity index (χ1v) is 6.96. The molecule has 0 saturated heterocycles. The third-order valence-electron chi connectivity index (χ3n) is 2.80. The van der Waals surface area contributed by atoms with Crippen molar-refractivity contribution in [2.75, 3.05) is 6.61 Å². The van der Waals surface area contributed by atoms with Crippen LogP contribution in [-0.2, 0) is 5.75 Å². The van der Waals surface area contributed by atoms with Gasteiger partial charge in [0.2, 0.25) is 0 Å². The largest absolute Gasteiger partial charge is 0.451 e. The van der Waals surface area contributed by atoms with E-state index in [2.05, 4.69) is 5.43 Å². The molecule has 1 heterocycles. The van der Waals surface area contributed by atoms with Crippen molar-refractivity contribution in [2.45, 2.75) is 17.9 Å². The fourth-order valence-corrected chi connectivity index (χ4v) is 2.61. The number of carbonyl (C=O) groups excluding carboxylic acids is 1. The maximum Gasteiger partial charge on any atom is 0.301 e. The average molecular weight is 280 g/mol. The summed E-state index contributed by atoms with van der Waals surface area (Å²) in [6, 6.07) is 7.47. The van der Waals surface area contributed by atoms with Crippen LogP contribution in [0.4, 0.5) is 0 Å². The molecule has 1 aromatic heterocycles. The maximum absolute atomic E-state index is 11.7. The van der Waals surface area contributed by atoms with Crippen LogP contribution in [0.1, 0.15) is 23.0 Å². The number of nitrogens with one attached hydrogen (secondary N) is 1. The summed E-state index contributed by atoms with van der Waals surface area (Å²) < 4.78 is 5.55. The van der Waals surface area contributed by atoms with Gasteiger partial charge in [0.15, 0.2) is 5.76 Å². The van der Waals surface area contributed by atoms with Crippen molar-refractivity contribution >= 4 is 28.6 Å². The molecule has 0 aliphatic rings. The Hall–Kier alpha value is -1.50. The molecule has 2 aromatic rings. The van der Waals surface area contributed by atoms with Gasteiger partial charge in [0.05, 0.1) is 6.61 Å². The van der Waals surface area contributed by atoms with E-state index in [-0.39, 0.29) is 17.6 Å². The minimum Gasteiger partial charge on any atom is -0.451 e. The van der Waals surface area contributed by atoms with Gasteiger partial charge in [-0.3, -0.25) is 10.2 Å².